The molecule has 0 radical (unpaired) electrons. The molecule has 0 aliphatic carbocycles. The van der Waals surface area contributed by atoms with Crippen molar-refractivity contribution in [2.45, 2.75) is 6.92 Å². The Morgan fingerprint density at radius 1 is 1.44 bits per heavy atom. The third-order valence-corrected chi connectivity index (χ3v) is 0.963. The second-order valence-corrected chi connectivity index (χ2v) is 2.22. The summed E-state index contributed by atoms with van der Waals surface area (Å²) in [5, 5.41) is 0. The summed E-state index contributed by atoms with van der Waals surface area (Å²) in [5.74, 6) is 0. The quantitative estimate of drug-likeness (QED) is 0.493. The zero-order valence-electron chi connectivity index (χ0n) is 4.66. The Kier molecular flexibility index (Phi) is 9.93. The van der Waals surface area contributed by atoms with Crippen molar-refractivity contribution < 1.29 is 36.8 Å². The van der Waals surface area contributed by atoms with Crippen LogP contribution in [0.5, 0.6) is 0 Å². The van der Waals surface area contributed by atoms with Crippen LogP contribution in [0.15, 0.2) is 0 Å². The molecule has 0 aromatic carbocycles. The van der Waals surface area contributed by atoms with Crippen molar-refractivity contribution in [3.63, 3.8) is 0 Å². The zero-order valence-corrected chi connectivity index (χ0v) is 8.48. The molecule has 0 saturated carbocycles. The van der Waals surface area contributed by atoms with Gasteiger partial charge in [-0.3, -0.25) is 0 Å². The summed E-state index contributed by atoms with van der Waals surface area (Å²) in [6, 6.07) is 0. The Bertz CT molecular complexity index is 66.1. The van der Waals surface area contributed by atoms with Gasteiger partial charge < -0.3 is 18.8 Å². The summed E-state index contributed by atoms with van der Waals surface area (Å²) < 4.78 is 3.70. The molecular formula is C2H5MoO4SSi. The summed E-state index contributed by atoms with van der Waals surface area (Å²) in [6.07, 6.45) is 0. The number of hydrogen-bond donors (Lipinski definition) is 0. The molecule has 53 valence electrons. The molecule has 0 N–H and O–H groups in total. The van der Waals surface area contributed by atoms with Crippen LogP contribution in [0.4, 0.5) is 0 Å². The van der Waals surface area contributed by atoms with Gasteiger partial charge in [-0.15, -0.1) is 9.05 Å². The van der Waals surface area contributed by atoms with E-state index in [-0.39, 0.29) is 6.61 Å². The molecule has 0 saturated heterocycles. The van der Waals surface area contributed by atoms with Crippen LogP contribution in [0.3, 0.4) is 0 Å². The molecule has 0 spiro atoms. The molecule has 0 amide bonds. The molecule has 0 rings (SSSR count). The van der Waals surface area contributed by atoms with Gasteiger partial charge in [0, 0.05) is 6.61 Å². The standard InChI is InChI=1S/C2H5O4Si.Mo.S/c1-2-6-7(3,4)5;;/h2H2,1H3;;/q-3;+3;. The third-order valence-electron chi connectivity index (χ3n) is 0.321. The maximum atomic E-state index is 9.51. The van der Waals surface area contributed by atoms with Crippen molar-refractivity contribution in [1.29, 1.82) is 0 Å². The van der Waals surface area contributed by atoms with Crippen LogP contribution in [0.1, 0.15) is 6.92 Å². The van der Waals surface area contributed by atoms with Crippen molar-refractivity contribution in [3.8, 4) is 0 Å². The van der Waals surface area contributed by atoms with Gasteiger partial charge in [0.15, 0.2) is 0 Å². The first-order valence-electron chi connectivity index (χ1n) is 1.98. The average molecular weight is 249 g/mol. The first kappa shape index (κ1) is 12.6. The Morgan fingerprint density at radius 2 is 1.78 bits per heavy atom. The molecule has 0 unspecified atom stereocenters. The topological polar surface area (TPSA) is 78.4 Å². The van der Waals surface area contributed by atoms with Crippen LogP contribution in [-0.2, 0) is 22.4 Å². The van der Waals surface area contributed by atoms with E-state index >= 15 is 0 Å². The molecular weight excluding hydrogens is 244 g/mol. The number of rotatable bonds is 2. The molecule has 0 heterocycles. The fourth-order valence-electron chi connectivity index (χ4n) is 0.177. The van der Waals surface area contributed by atoms with Crippen LogP contribution >= 0.6 is 9.82 Å². The van der Waals surface area contributed by atoms with E-state index in [9.17, 15) is 14.4 Å². The van der Waals surface area contributed by atoms with Crippen LogP contribution in [0.25, 0.3) is 0 Å². The predicted octanol–water partition coefficient (Wildman–Crippen LogP) is -2.81. The monoisotopic (exact) mass is 251 g/mol. The van der Waals surface area contributed by atoms with Crippen LogP contribution in [0.2, 0.25) is 0 Å². The van der Waals surface area contributed by atoms with E-state index in [1.54, 1.807) is 0 Å². The molecule has 9 heavy (non-hydrogen) atoms. The summed E-state index contributed by atoms with van der Waals surface area (Å²) in [7, 11) is -0.814. The minimum atomic E-state index is -4.91. The van der Waals surface area contributed by atoms with Crippen molar-refractivity contribution in [2.75, 3.05) is 6.61 Å². The first-order chi connectivity index (χ1) is 4.06. The van der Waals surface area contributed by atoms with E-state index in [1.807, 2.05) is 0 Å². The van der Waals surface area contributed by atoms with E-state index < -0.39 is 9.05 Å². The van der Waals surface area contributed by atoms with Gasteiger partial charge in [-0.25, -0.2) is 0 Å². The molecule has 7 heteroatoms. The fourth-order valence-corrected chi connectivity index (χ4v) is 0.530. The summed E-state index contributed by atoms with van der Waals surface area (Å²) in [4.78, 5) is 28.5. The van der Waals surface area contributed by atoms with Gasteiger partial charge in [0.1, 0.15) is 0 Å². The van der Waals surface area contributed by atoms with E-state index in [0.29, 0.717) is 0 Å². The van der Waals surface area contributed by atoms with Crippen LogP contribution < -0.4 is 14.4 Å². The maximum absolute atomic E-state index is 9.51. The van der Waals surface area contributed by atoms with Gasteiger partial charge in [-0.05, 0) is 6.92 Å². The van der Waals surface area contributed by atoms with E-state index in [4.69, 9.17) is 0 Å². The van der Waals surface area contributed by atoms with Crippen molar-refractivity contribution >= 4 is 18.9 Å². The molecule has 0 bridgehead atoms. The Labute approximate surface area is 69.3 Å². The molecule has 4 nitrogen and oxygen atoms in total. The first-order valence-corrected chi connectivity index (χ1v) is 6.40. The fraction of sp³-hybridized carbons (Fsp3) is 1.00. The SMILES string of the molecule is CCO[Si]([O-])([O-])[O-].[S]=[Mo+3]. The second-order valence-electron chi connectivity index (χ2n) is 0.933. The van der Waals surface area contributed by atoms with Crippen LogP contribution in [-0.4, -0.2) is 15.7 Å². The predicted molar refractivity (Wildman–Crippen MR) is 25.0 cm³/mol. The molecule has 0 atom stereocenters. The molecule has 0 aromatic rings. The van der Waals surface area contributed by atoms with Gasteiger partial charge in [-0.2, -0.15) is 0 Å². The van der Waals surface area contributed by atoms with Crippen LogP contribution in [0, 0.1) is 0 Å². The summed E-state index contributed by atoms with van der Waals surface area (Å²) >= 11 is 1.53. The Balaban J connectivity index is 0. The zero-order chi connectivity index (χ0) is 7.91. The number of hydrogen-bond acceptors (Lipinski definition) is 5. The van der Waals surface area contributed by atoms with E-state index in [2.05, 4.69) is 14.2 Å². The second kappa shape index (κ2) is 7.08. The molecule has 0 aromatic heterocycles. The van der Waals surface area contributed by atoms with E-state index in [0.717, 1.165) is 0 Å². The average Bonchev–Trinajstić information content (AvgIpc) is 1.69. The Morgan fingerprint density at radius 3 is 1.78 bits per heavy atom. The molecule has 0 aliphatic heterocycles. The van der Waals surface area contributed by atoms with Crippen molar-refractivity contribution in [3.05, 3.63) is 0 Å². The molecule has 0 aliphatic rings. The normalized spacial score (nSPS) is 10.0. The van der Waals surface area contributed by atoms with Gasteiger partial charge >= 0.3 is 27.8 Å². The third kappa shape index (κ3) is 17.6. The van der Waals surface area contributed by atoms with Gasteiger partial charge in [-0.1, -0.05) is 0 Å². The van der Waals surface area contributed by atoms with Crippen molar-refractivity contribution in [1.82, 2.24) is 0 Å². The van der Waals surface area contributed by atoms with Crippen molar-refractivity contribution in [2.24, 2.45) is 0 Å². The Hall–Kier alpha value is 0.965. The minimum absolute atomic E-state index is 0.0667. The van der Waals surface area contributed by atoms with Gasteiger partial charge in [0.05, 0.1) is 0 Å². The summed E-state index contributed by atoms with van der Waals surface area (Å²) in [6.45, 7) is 1.37. The molecule has 0 fully saturated rings. The van der Waals surface area contributed by atoms with Gasteiger partial charge in [0.2, 0.25) is 0 Å². The summed E-state index contributed by atoms with van der Waals surface area (Å²) in [5.41, 5.74) is 0. The van der Waals surface area contributed by atoms with Gasteiger partial charge in [0.25, 0.3) is 0 Å². The van der Waals surface area contributed by atoms with E-state index in [1.165, 1.54) is 24.9 Å².